The van der Waals surface area contributed by atoms with Crippen LogP contribution in [0.4, 0.5) is 0 Å². The van der Waals surface area contributed by atoms with Gasteiger partial charge in [0.05, 0.1) is 3.79 Å². The lowest BCUT2D eigenvalue weighted by atomic mass is 9.91. The molecule has 0 aliphatic heterocycles. The zero-order chi connectivity index (χ0) is 13.8. The van der Waals surface area contributed by atoms with Gasteiger partial charge >= 0.3 is 0 Å². The van der Waals surface area contributed by atoms with Gasteiger partial charge in [-0.1, -0.05) is 20.8 Å². The Morgan fingerprint density at radius 2 is 2.22 bits per heavy atom. The average Bonchev–Trinajstić information content (AvgIpc) is 2.76. The van der Waals surface area contributed by atoms with Crippen molar-refractivity contribution in [3.63, 3.8) is 0 Å². The van der Waals surface area contributed by atoms with Gasteiger partial charge in [0.2, 0.25) is 5.91 Å². The van der Waals surface area contributed by atoms with E-state index in [0.717, 1.165) is 10.2 Å². The van der Waals surface area contributed by atoms with Gasteiger partial charge in [0.1, 0.15) is 0 Å². The van der Waals surface area contributed by atoms with Crippen molar-refractivity contribution in [1.29, 1.82) is 0 Å². The lowest BCUT2D eigenvalue weighted by molar-refractivity contribution is -0.125. The van der Waals surface area contributed by atoms with Crippen LogP contribution in [0.3, 0.4) is 0 Å². The zero-order valence-electron chi connectivity index (χ0n) is 11.1. The van der Waals surface area contributed by atoms with E-state index in [2.05, 4.69) is 41.2 Å². The zero-order valence-corrected chi connectivity index (χ0v) is 13.5. The molecule has 1 aromatic rings. The largest absolute Gasteiger partial charge is 0.355 e. The lowest BCUT2D eigenvalue weighted by Gasteiger charge is -2.25. The fourth-order valence-corrected chi connectivity index (χ4v) is 3.16. The number of amides is 1. The summed E-state index contributed by atoms with van der Waals surface area (Å²) in [4.78, 5) is 13.2. The highest BCUT2D eigenvalue weighted by atomic mass is 79.9. The van der Waals surface area contributed by atoms with Crippen molar-refractivity contribution in [2.24, 2.45) is 11.7 Å². The van der Waals surface area contributed by atoms with E-state index in [1.807, 2.05) is 13.0 Å². The molecule has 0 spiro atoms. The maximum absolute atomic E-state index is 11.9. The SMILES string of the molecule is CCC(CN)C(=O)NCC(C)(C)c1ccc(Br)s1. The molecule has 1 unspecified atom stereocenters. The molecule has 5 heteroatoms. The first-order valence-electron chi connectivity index (χ1n) is 6.14. The van der Waals surface area contributed by atoms with Crippen LogP contribution in [-0.4, -0.2) is 19.0 Å². The molecule has 0 radical (unpaired) electrons. The van der Waals surface area contributed by atoms with E-state index in [1.165, 1.54) is 4.88 Å². The number of halogens is 1. The Morgan fingerprint density at radius 3 is 2.67 bits per heavy atom. The van der Waals surface area contributed by atoms with E-state index in [1.54, 1.807) is 11.3 Å². The molecule has 0 saturated carbocycles. The van der Waals surface area contributed by atoms with Crippen LogP contribution in [0.5, 0.6) is 0 Å². The van der Waals surface area contributed by atoms with Crippen molar-refractivity contribution < 1.29 is 4.79 Å². The van der Waals surface area contributed by atoms with Crippen molar-refractivity contribution in [2.75, 3.05) is 13.1 Å². The predicted octanol–water partition coefficient (Wildman–Crippen LogP) is 2.89. The first-order valence-corrected chi connectivity index (χ1v) is 7.75. The number of nitrogens with one attached hydrogen (secondary N) is 1. The molecule has 3 N–H and O–H groups in total. The Morgan fingerprint density at radius 1 is 1.56 bits per heavy atom. The molecule has 1 amide bonds. The Labute approximate surface area is 121 Å². The third-order valence-corrected chi connectivity index (χ3v) is 5.08. The predicted molar refractivity (Wildman–Crippen MR) is 80.9 cm³/mol. The standard InChI is InChI=1S/C13H21BrN2OS/c1-4-9(7-15)12(17)16-8-13(2,3)10-5-6-11(14)18-10/h5-6,9H,4,7-8,15H2,1-3H3,(H,16,17). The van der Waals surface area contributed by atoms with Gasteiger partial charge in [-0.2, -0.15) is 0 Å². The smallest absolute Gasteiger partial charge is 0.224 e. The highest BCUT2D eigenvalue weighted by molar-refractivity contribution is 9.11. The second-order valence-corrected chi connectivity index (χ2v) is 7.51. The van der Waals surface area contributed by atoms with Crippen LogP contribution in [0.1, 0.15) is 32.1 Å². The Kier molecular flexibility index (Phi) is 5.82. The average molecular weight is 333 g/mol. The summed E-state index contributed by atoms with van der Waals surface area (Å²) in [6, 6.07) is 4.14. The topological polar surface area (TPSA) is 55.1 Å². The molecule has 0 bridgehead atoms. The van der Waals surface area contributed by atoms with E-state index >= 15 is 0 Å². The summed E-state index contributed by atoms with van der Waals surface area (Å²) in [5.74, 6) is -0.0143. The quantitative estimate of drug-likeness (QED) is 0.841. The van der Waals surface area contributed by atoms with Crippen LogP contribution in [0.25, 0.3) is 0 Å². The molecule has 1 rings (SSSR count). The van der Waals surface area contributed by atoms with Crippen molar-refractivity contribution in [2.45, 2.75) is 32.6 Å². The first kappa shape index (κ1) is 15.7. The molecule has 0 aliphatic rings. The van der Waals surface area contributed by atoms with Gasteiger partial charge in [-0.25, -0.2) is 0 Å². The molecule has 0 saturated heterocycles. The molecule has 3 nitrogen and oxygen atoms in total. The summed E-state index contributed by atoms with van der Waals surface area (Å²) in [7, 11) is 0. The number of carbonyl (C=O) groups excluding carboxylic acids is 1. The van der Waals surface area contributed by atoms with Gasteiger partial charge in [-0.15, -0.1) is 11.3 Å². The lowest BCUT2D eigenvalue weighted by Crippen LogP contribution is -2.41. The van der Waals surface area contributed by atoms with Crippen LogP contribution < -0.4 is 11.1 Å². The molecular formula is C13H21BrN2OS. The summed E-state index contributed by atoms with van der Waals surface area (Å²) in [6.07, 6.45) is 0.785. The third kappa shape index (κ3) is 4.07. The number of carbonyl (C=O) groups is 1. The monoisotopic (exact) mass is 332 g/mol. The highest BCUT2D eigenvalue weighted by Crippen LogP contribution is 2.32. The molecule has 102 valence electrons. The van der Waals surface area contributed by atoms with Gasteiger partial charge in [0.15, 0.2) is 0 Å². The van der Waals surface area contributed by atoms with Crippen LogP contribution in [0.2, 0.25) is 0 Å². The summed E-state index contributed by atoms with van der Waals surface area (Å²) in [5, 5.41) is 3.01. The summed E-state index contributed by atoms with van der Waals surface area (Å²) in [5.41, 5.74) is 5.52. The normalized spacial score (nSPS) is 13.4. The Bertz CT molecular complexity index is 399. The maximum atomic E-state index is 11.9. The molecule has 0 aliphatic carbocycles. The molecule has 1 atom stereocenters. The number of nitrogens with two attached hydrogens (primary N) is 1. The second-order valence-electron chi connectivity index (χ2n) is 5.05. The fourth-order valence-electron chi connectivity index (χ4n) is 1.68. The van der Waals surface area contributed by atoms with E-state index in [4.69, 9.17) is 5.73 Å². The van der Waals surface area contributed by atoms with Gasteiger partial charge in [0, 0.05) is 29.3 Å². The number of thiophene rings is 1. The minimum atomic E-state index is -0.0733. The molecule has 1 heterocycles. The minimum Gasteiger partial charge on any atom is -0.355 e. The molecular weight excluding hydrogens is 312 g/mol. The van der Waals surface area contributed by atoms with E-state index in [9.17, 15) is 4.79 Å². The fraction of sp³-hybridized carbons (Fsp3) is 0.615. The third-order valence-electron chi connectivity index (χ3n) is 3.09. The van der Waals surface area contributed by atoms with Gasteiger partial charge in [0.25, 0.3) is 0 Å². The molecule has 0 aromatic carbocycles. The van der Waals surface area contributed by atoms with Gasteiger partial charge in [-0.3, -0.25) is 4.79 Å². The molecule has 0 fully saturated rings. The number of hydrogen-bond acceptors (Lipinski definition) is 3. The Hall–Kier alpha value is -0.390. The summed E-state index contributed by atoms with van der Waals surface area (Å²) in [6.45, 7) is 7.30. The van der Waals surface area contributed by atoms with Crippen molar-refractivity contribution >= 4 is 33.2 Å². The second kappa shape index (κ2) is 6.68. The van der Waals surface area contributed by atoms with E-state index in [-0.39, 0.29) is 17.2 Å². The van der Waals surface area contributed by atoms with Gasteiger partial charge in [-0.05, 0) is 34.5 Å². The highest BCUT2D eigenvalue weighted by Gasteiger charge is 2.24. The Balaban J connectivity index is 2.59. The number of rotatable bonds is 6. The molecule has 18 heavy (non-hydrogen) atoms. The van der Waals surface area contributed by atoms with Crippen LogP contribution >= 0.6 is 27.3 Å². The van der Waals surface area contributed by atoms with Gasteiger partial charge < -0.3 is 11.1 Å². The minimum absolute atomic E-state index is 0.0563. The molecule has 1 aromatic heterocycles. The van der Waals surface area contributed by atoms with E-state index < -0.39 is 0 Å². The number of hydrogen-bond donors (Lipinski definition) is 2. The van der Waals surface area contributed by atoms with Crippen LogP contribution in [0, 0.1) is 5.92 Å². The van der Waals surface area contributed by atoms with Crippen molar-refractivity contribution in [3.8, 4) is 0 Å². The summed E-state index contributed by atoms with van der Waals surface area (Å²) >= 11 is 5.17. The first-order chi connectivity index (χ1) is 8.40. The maximum Gasteiger partial charge on any atom is 0.224 e. The summed E-state index contributed by atoms with van der Waals surface area (Å²) < 4.78 is 1.12. The van der Waals surface area contributed by atoms with Crippen LogP contribution in [-0.2, 0) is 10.2 Å². The van der Waals surface area contributed by atoms with E-state index in [0.29, 0.717) is 13.1 Å². The van der Waals surface area contributed by atoms with Crippen LogP contribution in [0.15, 0.2) is 15.9 Å². The van der Waals surface area contributed by atoms with Crippen molar-refractivity contribution in [3.05, 3.63) is 20.8 Å². The van der Waals surface area contributed by atoms with Crippen molar-refractivity contribution in [1.82, 2.24) is 5.32 Å².